The number of likely N-dealkylation sites (tertiary alicyclic amines) is 1. The number of hydrogen-bond donors (Lipinski definition) is 1. The third kappa shape index (κ3) is 1.93. The maximum absolute atomic E-state index is 6.03. The van der Waals surface area contributed by atoms with Gasteiger partial charge in [-0.2, -0.15) is 0 Å². The van der Waals surface area contributed by atoms with Crippen LogP contribution >= 0.6 is 0 Å². The summed E-state index contributed by atoms with van der Waals surface area (Å²) in [4.78, 5) is 2.62. The van der Waals surface area contributed by atoms with E-state index in [-0.39, 0.29) is 5.54 Å². The molecule has 3 unspecified atom stereocenters. The van der Waals surface area contributed by atoms with Gasteiger partial charge in [0.25, 0.3) is 0 Å². The van der Waals surface area contributed by atoms with Crippen LogP contribution in [-0.2, 0) is 4.74 Å². The SMILES string of the molecule is CC1CCCN1C(C)(CN)C1CCOC1. The molecule has 2 heterocycles. The Kier molecular flexibility index (Phi) is 3.33. The first-order chi connectivity index (χ1) is 7.18. The van der Waals surface area contributed by atoms with Crippen LogP contribution in [0.15, 0.2) is 0 Å². The largest absolute Gasteiger partial charge is 0.381 e. The lowest BCUT2D eigenvalue weighted by molar-refractivity contribution is 0.0401. The number of nitrogens with zero attached hydrogens (tertiary/aromatic N) is 1. The zero-order valence-electron chi connectivity index (χ0n) is 10.0. The summed E-state index contributed by atoms with van der Waals surface area (Å²) in [6, 6.07) is 0.694. The predicted molar refractivity (Wildman–Crippen MR) is 61.8 cm³/mol. The van der Waals surface area contributed by atoms with Crippen LogP contribution in [0.25, 0.3) is 0 Å². The molecule has 2 rings (SSSR count). The van der Waals surface area contributed by atoms with Crippen molar-refractivity contribution in [1.82, 2.24) is 4.90 Å². The zero-order chi connectivity index (χ0) is 10.9. The normalized spacial score (nSPS) is 37.0. The van der Waals surface area contributed by atoms with Crippen LogP contribution < -0.4 is 5.73 Å². The van der Waals surface area contributed by atoms with Crippen molar-refractivity contribution in [3.05, 3.63) is 0 Å². The van der Waals surface area contributed by atoms with E-state index in [1.165, 1.54) is 25.8 Å². The Balaban J connectivity index is 2.11. The number of rotatable bonds is 3. The summed E-state index contributed by atoms with van der Waals surface area (Å²) >= 11 is 0. The Labute approximate surface area is 93.0 Å². The van der Waals surface area contributed by atoms with Gasteiger partial charge in [0.05, 0.1) is 6.61 Å². The fourth-order valence-electron chi connectivity index (χ4n) is 3.24. The second-order valence-corrected chi connectivity index (χ2v) is 5.31. The van der Waals surface area contributed by atoms with Crippen LogP contribution in [0.4, 0.5) is 0 Å². The molecule has 2 saturated heterocycles. The van der Waals surface area contributed by atoms with Crippen LogP contribution in [-0.4, -0.2) is 42.8 Å². The highest BCUT2D eigenvalue weighted by Gasteiger charge is 2.43. The third-order valence-corrected chi connectivity index (χ3v) is 4.43. The fraction of sp³-hybridized carbons (Fsp3) is 1.00. The van der Waals surface area contributed by atoms with Crippen molar-refractivity contribution >= 4 is 0 Å². The predicted octanol–water partition coefficient (Wildman–Crippen LogP) is 1.22. The highest BCUT2D eigenvalue weighted by atomic mass is 16.5. The van der Waals surface area contributed by atoms with Crippen LogP contribution in [0.5, 0.6) is 0 Å². The first kappa shape index (κ1) is 11.4. The second-order valence-electron chi connectivity index (χ2n) is 5.31. The Morgan fingerprint density at radius 1 is 1.47 bits per heavy atom. The van der Waals surface area contributed by atoms with E-state index in [0.29, 0.717) is 12.0 Å². The molecular formula is C12H24N2O. The number of hydrogen-bond acceptors (Lipinski definition) is 3. The first-order valence-corrected chi connectivity index (χ1v) is 6.23. The molecule has 2 aliphatic rings. The molecule has 0 amide bonds. The van der Waals surface area contributed by atoms with Gasteiger partial charge in [-0.05, 0) is 39.7 Å². The van der Waals surface area contributed by atoms with Gasteiger partial charge in [0.2, 0.25) is 0 Å². The summed E-state index contributed by atoms with van der Waals surface area (Å²) < 4.78 is 5.52. The van der Waals surface area contributed by atoms with Gasteiger partial charge < -0.3 is 10.5 Å². The molecule has 2 fully saturated rings. The monoisotopic (exact) mass is 212 g/mol. The molecule has 0 bridgehead atoms. The van der Waals surface area contributed by atoms with Crippen LogP contribution in [0.1, 0.15) is 33.1 Å². The highest BCUT2D eigenvalue weighted by Crippen LogP contribution is 2.35. The molecule has 15 heavy (non-hydrogen) atoms. The summed E-state index contributed by atoms with van der Waals surface area (Å²) in [6.07, 6.45) is 3.82. The van der Waals surface area contributed by atoms with Crippen molar-refractivity contribution in [1.29, 1.82) is 0 Å². The van der Waals surface area contributed by atoms with E-state index in [2.05, 4.69) is 18.7 Å². The van der Waals surface area contributed by atoms with Crippen molar-refractivity contribution in [2.45, 2.75) is 44.7 Å². The van der Waals surface area contributed by atoms with Crippen molar-refractivity contribution in [3.63, 3.8) is 0 Å². The molecule has 3 heteroatoms. The standard InChI is InChI=1S/C12H24N2O/c1-10-4-3-6-14(10)12(2,9-13)11-5-7-15-8-11/h10-11H,3-9,13H2,1-2H3. The van der Waals surface area contributed by atoms with Gasteiger partial charge in [0.1, 0.15) is 0 Å². The van der Waals surface area contributed by atoms with Gasteiger partial charge in [0.15, 0.2) is 0 Å². The third-order valence-electron chi connectivity index (χ3n) is 4.43. The van der Waals surface area contributed by atoms with E-state index >= 15 is 0 Å². The van der Waals surface area contributed by atoms with Crippen LogP contribution in [0.3, 0.4) is 0 Å². The highest BCUT2D eigenvalue weighted by molar-refractivity contribution is 4.99. The molecule has 0 aliphatic carbocycles. The molecule has 0 saturated carbocycles. The van der Waals surface area contributed by atoms with Gasteiger partial charge in [-0.15, -0.1) is 0 Å². The average molecular weight is 212 g/mol. The van der Waals surface area contributed by atoms with E-state index in [0.717, 1.165) is 19.8 Å². The van der Waals surface area contributed by atoms with Crippen molar-refractivity contribution in [3.8, 4) is 0 Å². The van der Waals surface area contributed by atoms with Gasteiger partial charge in [-0.25, -0.2) is 0 Å². The second kappa shape index (κ2) is 4.40. The van der Waals surface area contributed by atoms with E-state index in [1.807, 2.05) is 0 Å². The molecule has 2 N–H and O–H groups in total. The molecule has 3 nitrogen and oxygen atoms in total. The van der Waals surface area contributed by atoms with Crippen LogP contribution in [0.2, 0.25) is 0 Å². The topological polar surface area (TPSA) is 38.5 Å². The summed E-state index contributed by atoms with van der Waals surface area (Å²) in [6.45, 7) is 8.45. The Morgan fingerprint density at radius 3 is 2.73 bits per heavy atom. The van der Waals surface area contributed by atoms with Gasteiger partial charge in [0, 0.05) is 30.7 Å². The smallest absolute Gasteiger partial charge is 0.0513 e. The minimum atomic E-state index is 0.159. The van der Waals surface area contributed by atoms with Gasteiger partial charge >= 0.3 is 0 Å². The molecule has 88 valence electrons. The van der Waals surface area contributed by atoms with Gasteiger partial charge in [-0.1, -0.05) is 0 Å². The van der Waals surface area contributed by atoms with Crippen molar-refractivity contribution in [2.24, 2.45) is 11.7 Å². The van der Waals surface area contributed by atoms with Crippen molar-refractivity contribution in [2.75, 3.05) is 26.3 Å². The lowest BCUT2D eigenvalue weighted by Gasteiger charge is -2.44. The Hall–Kier alpha value is -0.120. The Bertz CT molecular complexity index is 216. The molecule has 0 aromatic heterocycles. The maximum Gasteiger partial charge on any atom is 0.0513 e. The van der Waals surface area contributed by atoms with E-state index in [9.17, 15) is 0 Å². The molecule has 0 radical (unpaired) electrons. The Morgan fingerprint density at radius 2 is 2.27 bits per heavy atom. The van der Waals surface area contributed by atoms with E-state index < -0.39 is 0 Å². The van der Waals surface area contributed by atoms with E-state index in [1.54, 1.807) is 0 Å². The molecular weight excluding hydrogens is 188 g/mol. The summed E-state index contributed by atoms with van der Waals surface area (Å²) in [7, 11) is 0. The quantitative estimate of drug-likeness (QED) is 0.764. The summed E-state index contributed by atoms with van der Waals surface area (Å²) in [5.74, 6) is 0.628. The van der Waals surface area contributed by atoms with Gasteiger partial charge in [-0.3, -0.25) is 4.90 Å². The van der Waals surface area contributed by atoms with E-state index in [4.69, 9.17) is 10.5 Å². The average Bonchev–Trinajstić information content (AvgIpc) is 2.87. The first-order valence-electron chi connectivity index (χ1n) is 6.23. The molecule has 0 aromatic rings. The zero-order valence-corrected chi connectivity index (χ0v) is 10.0. The minimum absolute atomic E-state index is 0.159. The lowest BCUT2D eigenvalue weighted by atomic mass is 9.83. The summed E-state index contributed by atoms with van der Waals surface area (Å²) in [5.41, 5.74) is 6.19. The minimum Gasteiger partial charge on any atom is -0.381 e. The number of ether oxygens (including phenoxy) is 1. The summed E-state index contributed by atoms with van der Waals surface area (Å²) in [5, 5.41) is 0. The maximum atomic E-state index is 6.03. The molecule has 2 aliphatic heterocycles. The molecule has 3 atom stereocenters. The number of nitrogens with two attached hydrogens (primary N) is 1. The molecule has 0 spiro atoms. The lowest BCUT2D eigenvalue weighted by Crippen LogP contribution is -2.57. The van der Waals surface area contributed by atoms with Crippen molar-refractivity contribution < 1.29 is 4.74 Å². The molecule has 0 aromatic carbocycles. The van der Waals surface area contributed by atoms with Crippen LogP contribution in [0, 0.1) is 5.92 Å². The fourth-order valence-corrected chi connectivity index (χ4v) is 3.24.